The number of piperazine rings is 1. The molecule has 0 unspecified atom stereocenters. The molecule has 1 aromatic carbocycles. The molecule has 0 N–H and O–H groups in total. The Labute approximate surface area is 220 Å². The molecule has 0 saturated carbocycles. The van der Waals surface area contributed by atoms with Gasteiger partial charge in [0.05, 0.1) is 16.0 Å². The van der Waals surface area contributed by atoms with Crippen molar-refractivity contribution < 1.29 is 22.4 Å². The van der Waals surface area contributed by atoms with E-state index in [1.807, 2.05) is 0 Å². The zero-order valence-electron chi connectivity index (χ0n) is 20.7. The quantitative estimate of drug-likeness (QED) is 0.357. The molecule has 1 fully saturated rings. The highest BCUT2D eigenvalue weighted by molar-refractivity contribution is 7.99. The SMILES string of the molecule is C=CC(=O)N1[C@H](C)CN(c2nc(=O)n3c4c(c(F)c(C(F)(F)F)cc24)SC[C@@H](c2ccccn2)C3)C[C@@H]1C. The molecule has 1 amide bonds. The topological polar surface area (TPSA) is 71.3 Å². The molecular weight excluding hydrogens is 522 g/mol. The maximum Gasteiger partial charge on any atom is 0.419 e. The fourth-order valence-corrected chi connectivity index (χ4v) is 6.64. The first-order valence-electron chi connectivity index (χ1n) is 12.1. The standard InChI is InChI=1S/C26H25F4N5O2S/c1-4-20(36)35-14(2)10-33(11-15(35)3)24-17-9-18(26(28,29)30)21(27)23-22(17)34(25(37)32-24)12-16(13-38-23)19-7-5-6-8-31-19/h4-9,14-16H,1,10-13H2,2-3H3/t14-,15+,16-/m0/s1. The number of hydrogen-bond acceptors (Lipinski definition) is 6. The third-order valence-electron chi connectivity index (χ3n) is 7.03. The van der Waals surface area contributed by atoms with E-state index in [0.717, 1.165) is 17.8 Å². The summed E-state index contributed by atoms with van der Waals surface area (Å²) in [5.74, 6) is -1.72. The van der Waals surface area contributed by atoms with Gasteiger partial charge in [-0.1, -0.05) is 12.6 Å². The highest BCUT2D eigenvalue weighted by Crippen LogP contribution is 2.44. The monoisotopic (exact) mass is 547 g/mol. The second-order valence-electron chi connectivity index (χ2n) is 9.60. The van der Waals surface area contributed by atoms with Gasteiger partial charge in [-0.05, 0) is 38.1 Å². The maximum atomic E-state index is 15.5. The van der Waals surface area contributed by atoms with Crippen LogP contribution in [0.15, 0.2) is 52.8 Å². The largest absolute Gasteiger partial charge is 0.419 e. The van der Waals surface area contributed by atoms with E-state index in [-0.39, 0.29) is 70.9 Å². The number of pyridine rings is 1. The van der Waals surface area contributed by atoms with Gasteiger partial charge in [-0.15, -0.1) is 11.8 Å². The van der Waals surface area contributed by atoms with Crippen LogP contribution in [0, 0.1) is 5.82 Å². The Bertz CT molecular complexity index is 1460. The number of rotatable bonds is 3. The van der Waals surface area contributed by atoms with Crippen LogP contribution in [0.1, 0.15) is 31.0 Å². The molecule has 0 spiro atoms. The number of amides is 1. The van der Waals surface area contributed by atoms with E-state index >= 15 is 4.39 Å². The van der Waals surface area contributed by atoms with Crippen molar-refractivity contribution in [3.05, 3.63) is 70.7 Å². The maximum absolute atomic E-state index is 15.5. The van der Waals surface area contributed by atoms with Crippen LogP contribution in [0.5, 0.6) is 0 Å². The van der Waals surface area contributed by atoms with E-state index in [0.29, 0.717) is 5.69 Å². The van der Waals surface area contributed by atoms with Crippen molar-refractivity contribution in [3.8, 4) is 0 Å². The first kappa shape index (κ1) is 26.2. The van der Waals surface area contributed by atoms with Gasteiger partial charge in [-0.3, -0.25) is 14.3 Å². The minimum atomic E-state index is -4.95. The average Bonchev–Trinajstić information content (AvgIpc) is 3.08. The molecule has 5 rings (SSSR count). The van der Waals surface area contributed by atoms with Gasteiger partial charge < -0.3 is 9.80 Å². The lowest BCUT2D eigenvalue weighted by molar-refractivity contribution is -0.140. The lowest BCUT2D eigenvalue weighted by atomic mass is 10.0. The molecule has 38 heavy (non-hydrogen) atoms. The molecule has 0 radical (unpaired) electrons. The molecule has 3 aromatic rings. The van der Waals surface area contributed by atoms with Crippen LogP contribution in [-0.2, 0) is 17.5 Å². The van der Waals surface area contributed by atoms with Gasteiger partial charge in [0, 0.05) is 60.7 Å². The molecule has 3 atom stereocenters. The summed E-state index contributed by atoms with van der Waals surface area (Å²) in [6.07, 6.45) is -2.14. The second-order valence-corrected chi connectivity index (χ2v) is 10.6. The number of halogens is 4. The Kier molecular flexibility index (Phi) is 6.70. The van der Waals surface area contributed by atoms with Crippen molar-refractivity contribution in [2.75, 3.05) is 23.7 Å². The van der Waals surface area contributed by atoms with Gasteiger partial charge in [0.2, 0.25) is 5.91 Å². The van der Waals surface area contributed by atoms with E-state index in [4.69, 9.17) is 0 Å². The van der Waals surface area contributed by atoms with Crippen molar-refractivity contribution in [1.82, 2.24) is 19.4 Å². The Morgan fingerprint density at radius 2 is 1.89 bits per heavy atom. The number of carbonyl (C=O) groups is 1. The van der Waals surface area contributed by atoms with E-state index in [2.05, 4.69) is 16.5 Å². The molecule has 12 heteroatoms. The van der Waals surface area contributed by atoms with Gasteiger partial charge in [0.15, 0.2) is 5.82 Å². The van der Waals surface area contributed by atoms with E-state index in [9.17, 15) is 22.8 Å². The average molecular weight is 548 g/mol. The summed E-state index contributed by atoms with van der Waals surface area (Å²) < 4.78 is 58.7. The smallest absolute Gasteiger partial charge is 0.352 e. The Morgan fingerprint density at radius 3 is 2.50 bits per heavy atom. The molecule has 0 bridgehead atoms. The first-order valence-corrected chi connectivity index (χ1v) is 13.1. The zero-order valence-corrected chi connectivity index (χ0v) is 21.5. The first-order chi connectivity index (χ1) is 18.0. The fraction of sp³-hybridized carbons (Fsp3) is 0.385. The molecule has 200 valence electrons. The number of aromatic nitrogens is 3. The summed E-state index contributed by atoms with van der Waals surface area (Å²) in [6, 6.07) is 5.39. The number of benzene rings is 1. The summed E-state index contributed by atoms with van der Waals surface area (Å²) in [5.41, 5.74) is -1.34. The van der Waals surface area contributed by atoms with Crippen LogP contribution in [0.25, 0.3) is 10.9 Å². The van der Waals surface area contributed by atoms with Gasteiger partial charge in [0.1, 0.15) is 5.82 Å². The van der Waals surface area contributed by atoms with E-state index in [1.165, 1.54) is 10.6 Å². The van der Waals surface area contributed by atoms with Gasteiger partial charge >= 0.3 is 11.9 Å². The minimum Gasteiger partial charge on any atom is -0.352 e. The summed E-state index contributed by atoms with van der Waals surface area (Å²) in [4.78, 5) is 37.5. The molecule has 0 aliphatic carbocycles. The normalized spacial score (nSPS) is 21.9. The number of thioether (sulfide) groups is 1. The number of hydrogen-bond donors (Lipinski definition) is 0. The molecule has 7 nitrogen and oxygen atoms in total. The fourth-order valence-electron chi connectivity index (χ4n) is 5.41. The summed E-state index contributed by atoms with van der Waals surface area (Å²) in [7, 11) is 0. The van der Waals surface area contributed by atoms with E-state index < -0.39 is 23.2 Å². The zero-order chi connectivity index (χ0) is 27.4. The number of carbonyl (C=O) groups excluding carboxylic acids is 1. The molecule has 4 heterocycles. The van der Waals surface area contributed by atoms with Crippen molar-refractivity contribution >= 4 is 34.4 Å². The molecule has 2 aliphatic rings. The van der Waals surface area contributed by atoms with Crippen molar-refractivity contribution in [2.45, 2.75) is 49.5 Å². The Balaban J connectivity index is 1.70. The van der Waals surface area contributed by atoms with Gasteiger partial charge in [0.25, 0.3) is 0 Å². The van der Waals surface area contributed by atoms with Crippen LogP contribution in [0.3, 0.4) is 0 Å². The van der Waals surface area contributed by atoms with Gasteiger partial charge in [-0.2, -0.15) is 18.2 Å². The Hall–Kier alpha value is -3.41. The third kappa shape index (κ3) is 4.44. The molecule has 2 aromatic heterocycles. The summed E-state index contributed by atoms with van der Waals surface area (Å²) in [6.45, 7) is 7.71. The predicted molar refractivity (Wildman–Crippen MR) is 137 cm³/mol. The van der Waals surface area contributed by atoms with Crippen molar-refractivity contribution in [3.63, 3.8) is 0 Å². The van der Waals surface area contributed by atoms with Gasteiger partial charge in [-0.25, -0.2) is 9.18 Å². The second kappa shape index (κ2) is 9.72. The lowest BCUT2D eigenvalue weighted by Gasteiger charge is -2.44. The van der Waals surface area contributed by atoms with Crippen LogP contribution in [0.2, 0.25) is 0 Å². The van der Waals surface area contributed by atoms with Crippen LogP contribution < -0.4 is 10.6 Å². The molecule has 2 aliphatic heterocycles. The Morgan fingerprint density at radius 1 is 1.18 bits per heavy atom. The van der Waals surface area contributed by atoms with Crippen molar-refractivity contribution in [2.24, 2.45) is 0 Å². The minimum absolute atomic E-state index is 0.0467. The van der Waals surface area contributed by atoms with Crippen LogP contribution in [0.4, 0.5) is 23.4 Å². The summed E-state index contributed by atoms with van der Waals surface area (Å²) in [5, 5.41) is 0.0467. The number of anilines is 1. The van der Waals surface area contributed by atoms with Crippen molar-refractivity contribution in [1.29, 1.82) is 0 Å². The molecule has 1 saturated heterocycles. The number of nitrogens with zero attached hydrogens (tertiary/aromatic N) is 5. The van der Waals surface area contributed by atoms with Crippen LogP contribution in [-0.4, -0.2) is 56.3 Å². The number of alkyl halides is 3. The van der Waals surface area contributed by atoms with Crippen LogP contribution >= 0.6 is 11.8 Å². The highest BCUT2D eigenvalue weighted by atomic mass is 32.2. The summed E-state index contributed by atoms with van der Waals surface area (Å²) >= 11 is 0.949. The third-order valence-corrected chi connectivity index (χ3v) is 8.26. The van der Waals surface area contributed by atoms with E-state index in [1.54, 1.807) is 48.0 Å². The predicted octanol–water partition coefficient (Wildman–Crippen LogP) is 4.45. The molecular formula is C26H25F4N5O2S. The lowest BCUT2D eigenvalue weighted by Crippen LogP contribution is -2.58. The highest BCUT2D eigenvalue weighted by Gasteiger charge is 2.40.